The van der Waals surface area contributed by atoms with Gasteiger partial charge in [-0.3, -0.25) is 4.79 Å². The van der Waals surface area contributed by atoms with E-state index in [2.05, 4.69) is 0 Å². The minimum Gasteiger partial charge on any atom is -0.481 e. The Bertz CT molecular complexity index is 610. The van der Waals surface area contributed by atoms with Gasteiger partial charge in [0, 0.05) is 17.2 Å². The number of carboxylic acid groups (broad SMARTS) is 1. The van der Waals surface area contributed by atoms with Gasteiger partial charge in [0.25, 0.3) is 0 Å². The number of carboxylic acids is 1. The van der Waals surface area contributed by atoms with Crippen molar-refractivity contribution in [3.05, 3.63) is 34.9 Å². The molecule has 7 heteroatoms. The lowest BCUT2D eigenvalue weighted by Gasteiger charge is -2.08. The number of halogens is 1. The van der Waals surface area contributed by atoms with Crippen LogP contribution in [0.1, 0.15) is 11.5 Å². The van der Waals surface area contributed by atoms with Crippen molar-refractivity contribution >= 4 is 27.4 Å². The molecule has 3 atom stereocenters. The highest BCUT2D eigenvalue weighted by atomic mass is 35.5. The van der Waals surface area contributed by atoms with Crippen LogP contribution in [-0.4, -0.2) is 42.7 Å². The Morgan fingerprint density at radius 1 is 1.37 bits per heavy atom. The van der Waals surface area contributed by atoms with Crippen LogP contribution in [0, 0.1) is 5.41 Å². The summed E-state index contributed by atoms with van der Waals surface area (Å²) < 4.78 is 23.4. The van der Waals surface area contributed by atoms with Gasteiger partial charge < -0.3 is 10.2 Å². The maximum Gasteiger partial charge on any atom is 0.314 e. The van der Waals surface area contributed by atoms with Gasteiger partial charge in [0.2, 0.25) is 0 Å². The van der Waals surface area contributed by atoms with Crippen molar-refractivity contribution in [3.8, 4) is 0 Å². The monoisotopic (exact) mass is 304 g/mol. The minimum atomic E-state index is -3.58. The molecule has 0 radical (unpaired) electrons. The second-order valence-corrected chi connectivity index (χ2v) is 7.39. The average molecular weight is 305 g/mol. The van der Waals surface area contributed by atoms with Crippen molar-refractivity contribution in [2.45, 2.75) is 11.2 Å². The number of aliphatic hydroxyl groups is 1. The van der Waals surface area contributed by atoms with E-state index in [4.69, 9.17) is 11.6 Å². The molecule has 1 aromatic carbocycles. The Balaban J connectivity index is 2.50. The molecule has 0 heterocycles. The third-order valence-corrected chi connectivity index (χ3v) is 5.47. The van der Waals surface area contributed by atoms with E-state index in [1.54, 1.807) is 24.3 Å². The number of sulfone groups is 1. The molecule has 5 nitrogen and oxygen atoms in total. The maximum atomic E-state index is 11.7. The molecular formula is C12H13ClO5S. The van der Waals surface area contributed by atoms with E-state index in [9.17, 15) is 23.4 Å². The first-order chi connectivity index (χ1) is 8.75. The number of carbonyl (C=O) groups is 1. The Morgan fingerprint density at radius 3 is 2.21 bits per heavy atom. The van der Waals surface area contributed by atoms with Crippen LogP contribution in [-0.2, 0) is 14.6 Å². The lowest BCUT2D eigenvalue weighted by Crippen LogP contribution is -2.27. The van der Waals surface area contributed by atoms with Crippen molar-refractivity contribution in [1.82, 2.24) is 0 Å². The molecule has 1 fully saturated rings. The second-order valence-electron chi connectivity index (χ2n) is 4.78. The predicted octanol–water partition coefficient (Wildman–Crippen LogP) is 0.914. The third-order valence-electron chi connectivity index (χ3n) is 3.61. The largest absolute Gasteiger partial charge is 0.481 e. The van der Waals surface area contributed by atoms with Crippen molar-refractivity contribution in [2.75, 3.05) is 12.9 Å². The summed E-state index contributed by atoms with van der Waals surface area (Å²) in [6, 6.07) is 6.31. The highest BCUT2D eigenvalue weighted by Gasteiger charge is 2.74. The van der Waals surface area contributed by atoms with Crippen molar-refractivity contribution in [3.63, 3.8) is 0 Å². The first kappa shape index (κ1) is 14.3. The van der Waals surface area contributed by atoms with Gasteiger partial charge in [0.1, 0.15) is 5.41 Å². The third kappa shape index (κ3) is 2.13. The van der Waals surface area contributed by atoms with Gasteiger partial charge in [-0.1, -0.05) is 23.7 Å². The molecule has 0 amide bonds. The van der Waals surface area contributed by atoms with Crippen LogP contribution < -0.4 is 0 Å². The molecule has 1 aliphatic carbocycles. The molecule has 1 saturated carbocycles. The molecular weight excluding hydrogens is 292 g/mol. The van der Waals surface area contributed by atoms with Crippen molar-refractivity contribution < 1.29 is 23.4 Å². The van der Waals surface area contributed by atoms with Gasteiger partial charge >= 0.3 is 5.97 Å². The van der Waals surface area contributed by atoms with Crippen LogP contribution >= 0.6 is 11.6 Å². The fraction of sp³-hybridized carbons (Fsp3) is 0.417. The zero-order chi connectivity index (χ0) is 14.4. The standard InChI is InChI=1S/C12H13ClO5S/c1-19(17,18)10-9(12(10,6-14)11(15)16)7-2-4-8(13)5-3-7/h2-5,9-10,14H,6H2,1H3,(H,15,16). The fourth-order valence-corrected chi connectivity index (χ4v) is 4.71. The Labute approximate surface area is 115 Å². The quantitative estimate of drug-likeness (QED) is 0.863. The van der Waals surface area contributed by atoms with Gasteiger partial charge in [-0.15, -0.1) is 0 Å². The number of rotatable bonds is 4. The maximum absolute atomic E-state index is 11.7. The Hall–Kier alpha value is -1.11. The summed E-state index contributed by atoms with van der Waals surface area (Å²) in [6.07, 6.45) is 0.987. The molecule has 0 aliphatic heterocycles. The van der Waals surface area contributed by atoms with E-state index >= 15 is 0 Å². The summed E-state index contributed by atoms with van der Waals surface area (Å²) in [5.74, 6) is -2.05. The van der Waals surface area contributed by atoms with Crippen molar-refractivity contribution in [1.29, 1.82) is 0 Å². The number of aliphatic carboxylic acids is 1. The summed E-state index contributed by atoms with van der Waals surface area (Å²) in [7, 11) is -3.58. The second kappa shape index (κ2) is 4.47. The first-order valence-electron chi connectivity index (χ1n) is 5.53. The van der Waals surface area contributed by atoms with Crippen LogP contribution in [0.5, 0.6) is 0 Å². The van der Waals surface area contributed by atoms with E-state index in [1.807, 2.05) is 0 Å². The van der Waals surface area contributed by atoms with Gasteiger partial charge in [-0.2, -0.15) is 0 Å². The highest BCUT2D eigenvalue weighted by molar-refractivity contribution is 7.91. The fourth-order valence-electron chi connectivity index (χ4n) is 2.69. The zero-order valence-corrected chi connectivity index (χ0v) is 11.6. The average Bonchev–Trinajstić information content (AvgIpc) is 3.00. The predicted molar refractivity (Wildman–Crippen MR) is 70.0 cm³/mol. The van der Waals surface area contributed by atoms with E-state index in [0.29, 0.717) is 10.6 Å². The lowest BCUT2D eigenvalue weighted by molar-refractivity contribution is -0.145. The summed E-state index contributed by atoms with van der Waals surface area (Å²) in [5, 5.41) is 18.0. The van der Waals surface area contributed by atoms with E-state index in [1.165, 1.54) is 0 Å². The molecule has 0 aromatic heterocycles. The highest BCUT2D eigenvalue weighted by Crippen LogP contribution is 2.62. The molecule has 1 aliphatic rings. The van der Waals surface area contributed by atoms with Crippen LogP contribution in [0.3, 0.4) is 0 Å². The van der Waals surface area contributed by atoms with E-state index in [0.717, 1.165) is 6.26 Å². The first-order valence-corrected chi connectivity index (χ1v) is 7.87. The SMILES string of the molecule is CS(=O)(=O)C1C(c2ccc(Cl)cc2)C1(CO)C(=O)O. The zero-order valence-electron chi connectivity index (χ0n) is 10.1. The Morgan fingerprint density at radius 2 is 1.89 bits per heavy atom. The van der Waals surface area contributed by atoms with E-state index < -0.39 is 39.0 Å². The molecule has 2 rings (SSSR count). The molecule has 2 N–H and O–H groups in total. The molecule has 3 unspecified atom stereocenters. The Kier molecular flexibility index (Phi) is 3.36. The molecule has 104 valence electrons. The van der Waals surface area contributed by atoms with Crippen LogP contribution in [0.2, 0.25) is 5.02 Å². The van der Waals surface area contributed by atoms with Crippen LogP contribution in [0.4, 0.5) is 0 Å². The normalized spacial score (nSPS) is 30.1. The number of hydrogen-bond acceptors (Lipinski definition) is 4. The smallest absolute Gasteiger partial charge is 0.314 e. The van der Waals surface area contributed by atoms with Crippen molar-refractivity contribution in [2.24, 2.45) is 5.41 Å². The van der Waals surface area contributed by atoms with Crippen LogP contribution in [0.25, 0.3) is 0 Å². The number of aliphatic hydroxyl groups excluding tert-OH is 1. The molecule has 19 heavy (non-hydrogen) atoms. The minimum absolute atomic E-state index is 0.477. The number of benzene rings is 1. The number of hydrogen-bond donors (Lipinski definition) is 2. The molecule has 0 spiro atoms. The molecule has 0 saturated heterocycles. The summed E-state index contributed by atoms with van der Waals surface area (Å²) in [5.41, 5.74) is -1.10. The van der Waals surface area contributed by atoms with E-state index in [-0.39, 0.29) is 0 Å². The molecule has 0 bridgehead atoms. The van der Waals surface area contributed by atoms with Crippen LogP contribution in [0.15, 0.2) is 24.3 Å². The van der Waals surface area contributed by atoms with Gasteiger partial charge in [0.15, 0.2) is 9.84 Å². The van der Waals surface area contributed by atoms with Gasteiger partial charge in [-0.25, -0.2) is 8.42 Å². The summed E-state index contributed by atoms with van der Waals surface area (Å²) in [4.78, 5) is 11.4. The van der Waals surface area contributed by atoms with Gasteiger partial charge in [0.05, 0.1) is 11.9 Å². The summed E-state index contributed by atoms with van der Waals surface area (Å²) in [6.45, 7) is -0.715. The van der Waals surface area contributed by atoms with Gasteiger partial charge in [-0.05, 0) is 17.7 Å². The lowest BCUT2D eigenvalue weighted by atomic mass is 10.0. The topological polar surface area (TPSA) is 91.7 Å². The molecule has 1 aromatic rings. The summed E-state index contributed by atoms with van der Waals surface area (Å²) >= 11 is 5.75.